The summed E-state index contributed by atoms with van der Waals surface area (Å²) in [5.74, 6) is -0.717. The Kier molecular flexibility index (Phi) is 6.49. The molecule has 1 aromatic carbocycles. The molecule has 11 heteroatoms. The smallest absolute Gasteiger partial charge is 0.323 e. The van der Waals surface area contributed by atoms with Crippen LogP contribution < -0.4 is 5.32 Å². The number of aromatic nitrogens is 2. The summed E-state index contributed by atoms with van der Waals surface area (Å²) in [7, 11) is 0. The summed E-state index contributed by atoms with van der Waals surface area (Å²) < 4.78 is 39.5. The third kappa shape index (κ3) is 5.16. The highest BCUT2D eigenvalue weighted by molar-refractivity contribution is 7.99. The Morgan fingerprint density at radius 2 is 1.86 bits per heavy atom. The fraction of sp³-hybridized carbons (Fsp3) is 0.118. The average molecular weight is 464 g/mol. The van der Waals surface area contributed by atoms with Gasteiger partial charge in [-0.1, -0.05) is 47.1 Å². The Morgan fingerprint density at radius 3 is 2.46 bits per heavy atom. The normalized spacial score (nSPS) is 11.5. The third-order valence-electron chi connectivity index (χ3n) is 3.33. The first-order chi connectivity index (χ1) is 13.2. The van der Waals surface area contributed by atoms with Crippen molar-refractivity contribution in [3.8, 4) is 10.6 Å². The SMILES string of the molecule is O=C(CSc1nc(-c2cccs2)cc(C(F)(F)F)n1)Nc1c(Cl)cccc1Cl. The van der Waals surface area contributed by atoms with Crippen molar-refractivity contribution < 1.29 is 18.0 Å². The molecule has 0 radical (unpaired) electrons. The number of thioether (sulfide) groups is 1. The van der Waals surface area contributed by atoms with Crippen LogP contribution in [0.2, 0.25) is 10.0 Å². The van der Waals surface area contributed by atoms with Gasteiger partial charge in [-0.05, 0) is 29.6 Å². The molecule has 2 aromatic heterocycles. The van der Waals surface area contributed by atoms with E-state index in [9.17, 15) is 18.0 Å². The summed E-state index contributed by atoms with van der Waals surface area (Å²) in [5, 5.41) is 4.62. The standard InChI is InChI=1S/C17H10Cl2F3N3OS2/c18-9-3-1-4-10(19)15(9)25-14(26)8-28-16-23-11(12-5-2-6-27-12)7-13(24-16)17(20,21)22/h1-7H,8H2,(H,25,26). The molecule has 2 heterocycles. The molecule has 0 saturated carbocycles. The molecule has 28 heavy (non-hydrogen) atoms. The zero-order valence-corrected chi connectivity index (χ0v) is 16.9. The van der Waals surface area contributed by atoms with Crippen LogP contribution in [-0.4, -0.2) is 21.6 Å². The van der Waals surface area contributed by atoms with Crippen LogP contribution in [0.1, 0.15) is 5.69 Å². The lowest BCUT2D eigenvalue weighted by molar-refractivity contribution is -0.141. The molecular formula is C17H10Cl2F3N3OS2. The molecule has 146 valence electrons. The summed E-state index contributed by atoms with van der Waals surface area (Å²) in [5.41, 5.74) is -0.682. The monoisotopic (exact) mass is 463 g/mol. The van der Waals surface area contributed by atoms with Gasteiger partial charge >= 0.3 is 6.18 Å². The van der Waals surface area contributed by atoms with Gasteiger partial charge in [-0.25, -0.2) is 9.97 Å². The van der Waals surface area contributed by atoms with E-state index in [2.05, 4.69) is 15.3 Å². The topological polar surface area (TPSA) is 54.9 Å². The summed E-state index contributed by atoms with van der Waals surface area (Å²) in [6.45, 7) is 0. The van der Waals surface area contributed by atoms with Crippen molar-refractivity contribution in [3.63, 3.8) is 0 Å². The van der Waals surface area contributed by atoms with Crippen molar-refractivity contribution in [2.45, 2.75) is 11.3 Å². The molecule has 0 atom stereocenters. The number of rotatable bonds is 5. The maximum absolute atomic E-state index is 13.2. The second-order valence-corrected chi connectivity index (χ2v) is 8.03. The maximum Gasteiger partial charge on any atom is 0.433 e. The predicted octanol–water partition coefficient (Wildman–Crippen LogP) is 6.26. The van der Waals surface area contributed by atoms with Crippen LogP contribution in [0.25, 0.3) is 10.6 Å². The molecule has 0 aliphatic carbocycles. The van der Waals surface area contributed by atoms with E-state index in [-0.39, 0.29) is 32.3 Å². The number of benzene rings is 1. The minimum atomic E-state index is -4.63. The molecule has 4 nitrogen and oxygen atoms in total. The van der Waals surface area contributed by atoms with Crippen LogP contribution in [-0.2, 0) is 11.0 Å². The molecule has 3 aromatic rings. The summed E-state index contributed by atoms with van der Waals surface area (Å²) in [4.78, 5) is 20.4. The molecule has 0 spiro atoms. The van der Waals surface area contributed by atoms with E-state index in [4.69, 9.17) is 23.2 Å². The van der Waals surface area contributed by atoms with Gasteiger partial charge in [0.15, 0.2) is 5.16 Å². The van der Waals surface area contributed by atoms with Gasteiger partial charge in [-0.15, -0.1) is 11.3 Å². The highest BCUT2D eigenvalue weighted by Gasteiger charge is 2.34. The van der Waals surface area contributed by atoms with E-state index < -0.39 is 17.8 Å². The van der Waals surface area contributed by atoms with Crippen LogP contribution in [0.5, 0.6) is 0 Å². The van der Waals surface area contributed by atoms with Crippen molar-refractivity contribution in [3.05, 3.63) is 57.5 Å². The van der Waals surface area contributed by atoms with Gasteiger partial charge in [-0.2, -0.15) is 13.2 Å². The number of anilines is 1. The van der Waals surface area contributed by atoms with Gasteiger partial charge in [0, 0.05) is 0 Å². The van der Waals surface area contributed by atoms with Gasteiger partial charge in [0.2, 0.25) is 5.91 Å². The quantitative estimate of drug-likeness (QED) is 0.358. The van der Waals surface area contributed by atoms with Crippen LogP contribution >= 0.6 is 46.3 Å². The van der Waals surface area contributed by atoms with E-state index >= 15 is 0 Å². The molecule has 0 unspecified atom stereocenters. The third-order valence-corrected chi connectivity index (χ3v) is 5.70. The van der Waals surface area contributed by atoms with Crippen LogP contribution in [0.15, 0.2) is 46.9 Å². The lowest BCUT2D eigenvalue weighted by Gasteiger charge is -2.11. The highest BCUT2D eigenvalue weighted by atomic mass is 35.5. The van der Waals surface area contributed by atoms with Gasteiger partial charge in [0.25, 0.3) is 0 Å². The van der Waals surface area contributed by atoms with Crippen molar-refractivity contribution in [1.82, 2.24) is 9.97 Å². The summed E-state index contributed by atoms with van der Waals surface area (Å²) in [6, 6.07) is 8.99. The highest BCUT2D eigenvalue weighted by Crippen LogP contribution is 2.34. The van der Waals surface area contributed by atoms with E-state index in [0.29, 0.717) is 4.88 Å². The number of thiophene rings is 1. The number of hydrogen-bond donors (Lipinski definition) is 1. The number of para-hydroxylation sites is 1. The first kappa shape index (κ1) is 20.9. The summed E-state index contributed by atoms with van der Waals surface area (Å²) in [6.07, 6.45) is -4.63. The number of carbonyl (C=O) groups is 1. The van der Waals surface area contributed by atoms with Gasteiger partial charge in [0.05, 0.1) is 32.1 Å². The fourth-order valence-corrected chi connectivity index (χ4v) is 3.94. The molecule has 0 bridgehead atoms. The van der Waals surface area contributed by atoms with Gasteiger partial charge < -0.3 is 5.32 Å². The Labute approximate surface area is 176 Å². The number of hydrogen-bond acceptors (Lipinski definition) is 5. The molecule has 3 rings (SSSR count). The fourth-order valence-electron chi connectivity index (χ4n) is 2.11. The minimum absolute atomic E-state index is 0.148. The minimum Gasteiger partial charge on any atom is -0.323 e. The number of halogens is 5. The number of carbonyl (C=O) groups excluding carboxylic acids is 1. The Balaban J connectivity index is 1.78. The number of alkyl halides is 3. The van der Waals surface area contributed by atoms with Crippen LogP contribution in [0.4, 0.5) is 18.9 Å². The first-order valence-electron chi connectivity index (χ1n) is 7.61. The van der Waals surface area contributed by atoms with Crippen molar-refractivity contribution in [2.24, 2.45) is 0 Å². The molecule has 0 aliphatic rings. The molecule has 0 fully saturated rings. The molecule has 0 saturated heterocycles. The van der Waals surface area contributed by atoms with E-state index in [1.807, 2.05) is 0 Å². The largest absolute Gasteiger partial charge is 0.433 e. The lowest BCUT2D eigenvalue weighted by Crippen LogP contribution is -2.15. The van der Waals surface area contributed by atoms with Crippen molar-refractivity contribution in [2.75, 3.05) is 11.1 Å². The molecule has 1 N–H and O–H groups in total. The average Bonchev–Trinajstić information content (AvgIpc) is 3.17. The summed E-state index contributed by atoms with van der Waals surface area (Å²) >= 11 is 14.0. The number of nitrogens with one attached hydrogen (secondary N) is 1. The van der Waals surface area contributed by atoms with Gasteiger partial charge in [0.1, 0.15) is 5.69 Å². The maximum atomic E-state index is 13.2. The van der Waals surface area contributed by atoms with Crippen molar-refractivity contribution in [1.29, 1.82) is 0 Å². The van der Waals surface area contributed by atoms with E-state index in [0.717, 1.165) is 17.8 Å². The zero-order chi connectivity index (χ0) is 20.3. The Hall–Kier alpha value is -1.81. The lowest BCUT2D eigenvalue weighted by atomic mass is 10.3. The van der Waals surface area contributed by atoms with Crippen molar-refractivity contribution >= 4 is 57.9 Å². The zero-order valence-electron chi connectivity index (χ0n) is 13.8. The Bertz CT molecular complexity index is 978. The van der Waals surface area contributed by atoms with E-state index in [1.165, 1.54) is 11.3 Å². The molecule has 0 aliphatic heterocycles. The van der Waals surface area contributed by atoms with Crippen LogP contribution in [0.3, 0.4) is 0 Å². The van der Waals surface area contributed by atoms with E-state index in [1.54, 1.807) is 35.7 Å². The Morgan fingerprint density at radius 1 is 1.14 bits per heavy atom. The molecule has 1 amide bonds. The molecular weight excluding hydrogens is 454 g/mol. The first-order valence-corrected chi connectivity index (χ1v) is 10.2. The second kappa shape index (κ2) is 8.69. The second-order valence-electron chi connectivity index (χ2n) is 5.33. The predicted molar refractivity (Wildman–Crippen MR) is 106 cm³/mol. The number of amides is 1. The van der Waals surface area contributed by atoms with Crippen LogP contribution in [0, 0.1) is 0 Å². The van der Waals surface area contributed by atoms with Gasteiger partial charge in [-0.3, -0.25) is 4.79 Å². The number of nitrogens with zero attached hydrogens (tertiary/aromatic N) is 2.